The topological polar surface area (TPSA) is 52.0 Å². The second-order valence-electron chi connectivity index (χ2n) is 2.02. The fourth-order valence-corrected chi connectivity index (χ4v) is 0.539. The van der Waals surface area contributed by atoms with Crippen molar-refractivity contribution in [2.24, 2.45) is 11.5 Å². The first kappa shape index (κ1) is 9.71. The Morgan fingerprint density at radius 3 is 2.00 bits per heavy atom. The summed E-state index contributed by atoms with van der Waals surface area (Å²) < 4.78 is 35.2. The third kappa shape index (κ3) is 3.03. The lowest BCUT2D eigenvalue weighted by Gasteiger charge is -2.13. The lowest BCUT2D eigenvalue weighted by molar-refractivity contribution is 0.0347. The number of alkyl halides is 3. The van der Waals surface area contributed by atoms with Gasteiger partial charge in [-0.05, 0) is 13.0 Å². The van der Waals surface area contributed by atoms with Crippen molar-refractivity contribution in [3.63, 3.8) is 0 Å². The molecule has 4 N–H and O–H groups in total. The van der Waals surface area contributed by atoms with Crippen LogP contribution in [-0.4, -0.2) is 25.2 Å². The van der Waals surface area contributed by atoms with E-state index in [1.165, 1.54) is 0 Å². The van der Waals surface area contributed by atoms with Crippen molar-refractivity contribution >= 4 is 0 Å². The third-order valence-electron chi connectivity index (χ3n) is 1.15. The molecule has 0 heterocycles. The van der Waals surface area contributed by atoms with Gasteiger partial charge in [0.1, 0.15) is 0 Å². The highest BCUT2D eigenvalue weighted by Crippen LogP contribution is 2.09. The third-order valence-corrected chi connectivity index (χ3v) is 1.15. The summed E-state index contributed by atoms with van der Waals surface area (Å²) in [4.78, 5) is 0. The number of rotatable bonds is 4. The van der Waals surface area contributed by atoms with E-state index in [9.17, 15) is 13.2 Å². The zero-order valence-corrected chi connectivity index (χ0v) is 5.43. The Kier molecular flexibility index (Phi) is 4.38. The van der Waals surface area contributed by atoms with Crippen molar-refractivity contribution in [1.29, 1.82) is 0 Å². The maximum atomic E-state index is 12.2. The number of hydrogen-bond donors (Lipinski definition) is 2. The SMILES string of the molecule is NCCC(N)C(F)C(F)F. The van der Waals surface area contributed by atoms with Gasteiger partial charge in [0.2, 0.25) is 0 Å². The molecule has 0 rings (SSSR count). The summed E-state index contributed by atoms with van der Waals surface area (Å²) in [6.45, 7) is 0.133. The molecule has 0 fully saturated rings. The predicted molar refractivity (Wildman–Crippen MR) is 32.5 cm³/mol. The van der Waals surface area contributed by atoms with E-state index in [-0.39, 0.29) is 13.0 Å². The van der Waals surface area contributed by atoms with Crippen LogP contribution in [0.2, 0.25) is 0 Å². The maximum absolute atomic E-state index is 12.2. The first-order valence-electron chi connectivity index (χ1n) is 2.97. The Morgan fingerprint density at radius 1 is 1.20 bits per heavy atom. The largest absolute Gasteiger partial charge is 0.330 e. The van der Waals surface area contributed by atoms with Crippen molar-refractivity contribution in [2.75, 3.05) is 6.54 Å². The highest BCUT2D eigenvalue weighted by molar-refractivity contribution is 4.74. The number of hydrogen-bond acceptors (Lipinski definition) is 2. The molecular formula is C5H11F3N2. The fourth-order valence-electron chi connectivity index (χ4n) is 0.539. The van der Waals surface area contributed by atoms with Gasteiger partial charge in [0, 0.05) is 6.04 Å². The van der Waals surface area contributed by atoms with Gasteiger partial charge in [-0.15, -0.1) is 0 Å². The highest BCUT2D eigenvalue weighted by Gasteiger charge is 2.25. The minimum Gasteiger partial charge on any atom is -0.330 e. The van der Waals surface area contributed by atoms with E-state index in [2.05, 4.69) is 0 Å². The summed E-state index contributed by atoms with van der Waals surface area (Å²) in [6, 6.07) is -1.13. The molecule has 0 aromatic carbocycles. The Balaban J connectivity index is 3.58. The quantitative estimate of drug-likeness (QED) is 0.613. The zero-order valence-electron chi connectivity index (χ0n) is 5.43. The summed E-state index contributed by atoms with van der Waals surface area (Å²) in [5, 5.41) is 0. The zero-order chi connectivity index (χ0) is 8.15. The molecule has 0 amide bonds. The monoisotopic (exact) mass is 156 g/mol. The fraction of sp³-hybridized carbons (Fsp3) is 1.00. The summed E-state index contributed by atoms with van der Waals surface area (Å²) >= 11 is 0. The lowest BCUT2D eigenvalue weighted by Crippen LogP contribution is -2.38. The molecule has 0 aliphatic carbocycles. The van der Waals surface area contributed by atoms with Crippen LogP contribution in [0.4, 0.5) is 13.2 Å². The van der Waals surface area contributed by atoms with Gasteiger partial charge in [0.15, 0.2) is 6.17 Å². The van der Waals surface area contributed by atoms with Crippen LogP contribution in [0, 0.1) is 0 Å². The molecule has 62 valence electrons. The molecule has 0 saturated carbocycles. The van der Waals surface area contributed by atoms with Gasteiger partial charge in [-0.1, -0.05) is 0 Å². The Morgan fingerprint density at radius 2 is 1.70 bits per heavy atom. The summed E-state index contributed by atoms with van der Waals surface area (Å²) in [5.74, 6) is 0. The molecule has 2 unspecified atom stereocenters. The van der Waals surface area contributed by atoms with Crippen LogP contribution in [0.25, 0.3) is 0 Å². The Bertz CT molecular complexity index is 89.0. The van der Waals surface area contributed by atoms with Crippen LogP contribution in [0.5, 0.6) is 0 Å². The normalized spacial score (nSPS) is 17.4. The Labute approximate surface area is 57.4 Å². The molecule has 0 aliphatic rings. The minimum atomic E-state index is -3.00. The molecule has 0 radical (unpaired) electrons. The molecule has 10 heavy (non-hydrogen) atoms. The molecule has 0 aromatic heterocycles. The van der Waals surface area contributed by atoms with Crippen molar-refractivity contribution in [3.05, 3.63) is 0 Å². The maximum Gasteiger partial charge on any atom is 0.270 e. The van der Waals surface area contributed by atoms with Gasteiger partial charge in [0.25, 0.3) is 6.43 Å². The average Bonchev–Trinajstić information content (AvgIpc) is 1.87. The van der Waals surface area contributed by atoms with Crippen molar-refractivity contribution in [3.8, 4) is 0 Å². The van der Waals surface area contributed by atoms with Gasteiger partial charge in [-0.2, -0.15) is 0 Å². The molecule has 0 aromatic rings. The van der Waals surface area contributed by atoms with Crippen LogP contribution in [0.3, 0.4) is 0 Å². The van der Waals surface area contributed by atoms with Crippen LogP contribution in [0.15, 0.2) is 0 Å². The van der Waals surface area contributed by atoms with E-state index in [4.69, 9.17) is 11.5 Å². The van der Waals surface area contributed by atoms with Gasteiger partial charge in [-0.3, -0.25) is 0 Å². The van der Waals surface area contributed by atoms with Crippen LogP contribution in [0.1, 0.15) is 6.42 Å². The molecule has 0 bridgehead atoms. The molecule has 2 nitrogen and oxygen atoms in total. The number of halogens is 3. The predicted octanol–water partition coefficient (Wildman–Crippen LogP) is 0.266. The van der Waals surface area contributed by atoms with E-state index in [0.29, 0.717) is 0 Å². The average molecular weight is 156 g/mol. The molecule has 0 spiro atoms. The van der Waals surface area contributed by atoms with E-state index < -0.39 is 18.6 Å². The number of nitrogens with two attached hydrogens (primary N) is 2. The molecule has 2 atom stereocenters. The van der Waals surface area contributed by atoms with Crippen LogP contribution >= 0.6 is 0 Å². The van der Waals surface area contributed by atoms with E-state index in [0.717, 1.165) is 0 Å². The van der Waals surface area contributed by atoms with Gasteiger partial charge in [-0.25, -0.2) is 13.2 Å². The molecular weight excluding hydrogens is 145 g/mol. The van der Waals surface area contributed by atoms with Gasteiger partial charge < -0.3 is 11.5 Å². The van der Waals surface area contributed by atoms with E-state index in [1.54, 1.807) is 0 Å². The van der Waals surface area contributed by atoms with Crippen molar-refractivity contribution in [2.45, 2.75) is 25.1 Å². The van der Waals surface area contributed by atoms with Crippen molar-refractivity contribution < 1.29 is 13.2 Å². The van der Waals surface area contributed by atoms with Gasteiger partial charge >= 0.3 is 0 Å². The van der Waals surface area contributed by atoms with Crippen molar-refractivity contribution in [1.82, 2.24) is 0 Å². The summed E-state index contributed by atoms with van der Waals surface area (Å²) in [5.41, 5.74) is 9.97. The lowest BCUT2D eigenvalue weighted by atomic mass is 10.1. The smallest absolute Gasteiger partial charge is 0.270 e. The van der Waals surface area contributed by atoms with E-state index in [1.807, 2.05) is 0 Å². The molecule has 0 aliphatic heterocycles. The molecule has 5 heteroatoms. The minimum absolute atomic E-state index is 0.0888. The Hall–Kier alpha value is -0.290. The second-order valence-corrected chi connectivity index (χ2v) is 2.02. The standard InChI is InChI=1S/C5H11F3N2/c6-4(5(7)8)3(10)1-2-9/h3-5H,1-2,9-10H2. The first-order chi connectivity index (χ1) is 4.59. The summed E-state index contributed by atoms with van der Waals surface area (Å²) in [7, 11) is 0. The molecule has 0 saturated heterocycles. The van der Waals surface area contributed by atoms with Crippen LogP contribution < -0.4 is 11.5 Å². The second kappa shape index (κ2) is 4.51. The summed E-state index contributed by atoms with van der Waals surface area (Å²) in [6.07, 6.45) is -5.16. The van der Waals surface area contributed by atoms with E-state index >= 15 is 0 Å². The van der Waals surface area contributed by atoms with Gasteiger partial charge in [0.05, 0.1) is 0 Å². The highest BCUT2D eigenvalue weighted by atomic mass is 19.3. The van der Waals surface area contributed by atoms with Crippen LogP contribution in [-0.2, 0) is 0 Å². The first-order valence-corrected chi connectivity index (χ1v) is 2.97.